The van der Waals surface area contributed by atoms with Gasteiger partial charge in [-0.1, -0.05) is 0 Å². The molecule has 2 unspecified atom stereocenters. The van der Waals surface area contributed by atoms with Gasteiger partial charge in [0.05, 0.1) is 5.41 Å². The number of hydrogen-bond donors (Lipinski definition) is 2. The zero-order valence-corrected chi connectivity index (χ0v) is 6.31. The minimum atomic E-state index is -0.350. The molecule has 0 bridgehead atoms. The molecule has 2 N–H and O–H groups in total. The molecule has 0 radical (unpaired) electrons. The maximum atomic E-state index is 11.2. The second-order valence-electron chi connectivity index (χ2n) is 3.44. The first kappa shape index (κ1) is 6.64. The first-order valence-corrected chi connectivity index (χ1v) is 3.75. The molecule has 4 heteroatoms. The van der Waals surface area contributed by atoms with Gasteiger partial charge in [0.15, 0.2) is 0 Å². The van der Waals surface area contributed by atoms with E-state index in [2.05, 4.69) is 10.6 Å². The summed E-state index contributed by atoms with van der Waals surface area (Å²) in [5.74, 6) is -0.127. The van der Waals surface area contributed by atoms with Crippen LogP contribution in [-0.2, 0) is 4.79 Å². The Morgan fingerprint density at radius 1 is 1.55 bits per heavy atom. The second kappa shape index (κ2) is 1.75. The van der Waals surface area contributed by atoms with Gasteiger partial charge in [-0.25, -0.2) is 4.79 Å². The molecule has 1 aliphatic heterocycles. The maximum absolute atomic E-state index is 11.2. The first-order chi connectivity index (χ1) is 5.13. The van der Waals surface area contributed by atoms with Crippen molar-refractivity contribution in [2.75, 3.05) is 0 Å². The molecule has 0 aromatic carbocycles. The fourth-order valence-electron chi connectivity index (χ4n) is 1.67. The topological polar surface area (TPSA) is 58.2 Å². The van der Waals surface area contributed by atoms with E-state index in [1.165, 1.54) is 0 Å². The lowest BCUT2D eigenvalue weighted by Crippen LogP contribution is -2.68. The molecule has 2 aliphatic rings. The van der Waals surface area contributed by atoms with E-state index < -0.39 is 0 Å². The number of carbonyl (C=O) groups is 2. The number of amides is 3. The number of rotatable bonds is 0. The van der Waals surface area contributed by atoms with E-state index in [1.807, 2.05) is 6.92 Å². The van der Waals surface area contributed by atoms with Crippen LogP contribution in [-0.4, -0.2) is 18.0 Å². The van der Waals surface area contributed by atoms with Gasteiger partial charge in [0.25, 0.3) is 0 Å². The molecule has 60 valence electrons. The quantitative estimate of drug-likeness (QED) is 0.515. The van der Waals surface area contributed by atoms with Gasteiger partial charge in [-0.2, -0.15) is 0 Å². The van der Waals surface area contributed by atoms with Crippen LogP contribution in [0.2, 0.25) is 0 Å². The van der Waals surface area contributed by atoms with Crippen LogP contribution in [0.3, 0.4) is 0 Å². The molecule has 0 aromatic heterocycles. The van der Waals surface area contributed by atoms with Crippen LogP contribution in [0, 0.1) is 5.41 Å². The van der Waals surface area contributed by atoms with Gasteiger partial charge in [-0.15, -0.1) is 0 Å². The summed E-state index contributed by atoms with van der Waals surface area (Å²) in [6, 6.07) is -0.277. The molecule has 2 rings (SSSR count). The first-order valence-electron chi connectivity index (χ1n) is 3.75. The molecule has 2 fully saturated rings. The Labute approximate surface area is 64.3 Å². The van der Waals surface area contributed by atoms with Crippen molar-refractivity contribution in [1.82, 2.24) is 10.6 Å². The van der Waals surface area contributed by atoms with Crippen molar-refractivity contribution in [3.63, 3.8) is 0 Å². The van der Waals surface area contributed by atoms with Crippen molar-refractivity contribution in [3.05, 3.63) is 0 Å². The standard InChI is InChI=1S/C7H10N2O2/c1-7-3-2-4(7)8-6(11)9-5(7)10/h4H,2-3H2,1H3,(H2,8,9,10,11). The van der Waals surface area contributed by atoms with E-state index in [-0.39, 0.29) is 23.4 Å². The summed E-state index contributed by atoms with van der Waals surface area (Å²) >= 11 is 0. The Morgan fingerprint density at radius 3 is 2.73 bits per heavy atom. The van der Waals surface area contributed by atoms with Crippen LogP contribution in [0.4, 0.5) is 4.79 Å². The molecule has 1 heterocycles. The van der Waals surface area contributed by atoms with Crippen molar-refractivity contribution < 1.29 is 9.59 Å². The second-order valence-corrected chi connectivity index (χ2v) is 3.44. The molecule has 11 heavy (non-hydrogen) atoms. The highest BCUT2D eigenvalue weighted by molar-refractivity contribution is 6.01. The highest BCUT2D eigenvalue weighted by atomic mass is 16.2. The molecule has 0 aromatic rings. The zero-order chi connectivity index (χ0) is 8.06. The van der Waals surface area contributed by atoms with Crippen LogP contribution >= 0.6 is 0 Å². The molecule has 1 saturated carbocycles. The largest absolute Gasteiger partial charge is 0.334 e. The minimum absolute atomic E-state index is 0.0729. The number of urea groups is 1. The van der Waals surface area contributed by atoms with Gasteiger partial charge in [0.2, 0.25) is 5.91 Å². The molecule has 2 atom stereocenters. The van der Waals surface area contributed by atoms with Crippen molar-refractivity contribution in [2.24, 2.45) is 5.41 Å². The molecule has 1 aliphatic carbocycles. The number of fused-ring (bicyclic) bond motifs is 1. The van der Waals surface area contributed by atoms with Gasteiger partial charge in [-0.05, 0) is 19.8 Å². The Hall–Kier alpha value is -1.06. The lowest BCUT2D eigenvalue weighted by atomic mass is 9.64. The summed E-state index contributed by atoms with van der Waals surface area (Å²) in [5, 5.41) is 4.98. The Bertz CT molecular complexity index is 239. The van der Waals surface area contributed by atoms with Crippen LogP contribution in [0.15, 0.2) is 0 Å². The molecule has 3 amide bonds. The van der Waals surface area contributed by atoms with Crippen molar-refractivity contribution in [2.45, 2.75) is 25.8 Å². The third-order valence-corrected chi connectivity index (χ3v) is 2.77. The lowest BCUT2D eigenvalue weighted by Gasteiger charge is -2.48. The average Bonchev–Trinajstić information content (AvgIpc) is 1.94. The highest BCUT2D eigenvalue weighted by Crippen LogP contribution is 2.42. The smallest absolute Gasteiger partial charge is 0.321 e. The van der Waals surface area contributed by atoms with Crippen LogP contribution < -0.4 is 10.6 Å². The fourth-order valence-corrected chi connectivity index (χ4v) is 1.67. The Balaban J connectivity index is 2.23. The van der Waals surface area contributed by atoms with Crippen molar-refractivity contribution in [1.29, 1.82) is 0 Å². The molecular weight excluding hydrogens is 144 g/mol. The van der Waals surface area contributed by atoms with E-state index in [4.69, 9.17) is 0 Å². The summed E-state index contributed by atoms with van der Waals surface area (Å²) in [4.78, 5) is 22.0. The van der Waals surface area contributed by atoms with Crippen LogP contribution in [0.1, 0.15) is 19.8 Å². The lowest BCUT2D eigenvalue weighted by molar-refractivity contribution is -0.137. The van der Waals surface area contributed by atoms with Crippen LogP contribution in [0.25, 0.3) is 0 Å². The monoisotopic (exact) mass is 154 g/mol. The molecular formula is C7H10N2O2. The van der Waals surface area contributed by atoms with Crippen molar-refractivity contribution in [3.8, 4) is 0 Å². The van der Waals surface area contributed by atoms with E-state index in [0.717, 1.165) is 12.8 Å². The fraction of sp³-hybridized carbons (Fsp3) is 0.714. The van der Waals surface area contributed by atoms with E-state index in [9.17, 15) is 9.59 Å². The van der Waals surface area contributed by atoms with Gasteiger partial charge >= 0.3 is 6.03 Å². The summed E-state index contributed by atoms with van der Waals surface area (Å²) in [5.41, 5.74) is -0.325. The summed E-state index contributed by atoms with van der Waals surface area (Å²) in [6.45, 7) is 1.88. The third-order valence-electron chi connectivity index (χ3n) is 2.77. The average molecular weight is 154 g/mol. The predicted octanol–water partition coefficient (Wildman–Crippen LogP) is -0.00550. The van der Waals surface area contributed by atoms with E-state index in [1.54, 1.807) is 0 Å². The van der Waals surface area contributed by atoms with Crippen LogP contribution in [0.5, 0.6) is 0 Å². The van der Waals surface area contributed by atoms with E-state index in [0.29, 0.717) is 0 Å². The Morgan fingerprint density at radius 2 is 2.27 bits per heavy atom. The summed E-state index contributed by atoms with van der Waals surface area (Å²) in [7, 11) is 0. The minimum Gasteiger partial charge on any atom is -0.334 e. The number of carbonyl (C=O) groups excluding carboxylic acids is 2. The summed E-state index contributed by atoms with van der Waals surface area (Å²) < 4.78 is 0. The van der Waals surface area contributed by atoms with Crippen molar-refractivity contribution >= 4 is 11.9 Å². The molecule has 4 nitrogen and oxygen atoms in total. The summed E-state index contributed by atoms with van der Waals surface area (Å²) in [6.07, 6.45) is 1.80. The van der Waals surface area contributed by atoms with Gasteiger partial charge in [0, 0.05) is 6.04 Å². The Kier molecular flexibility index (Phi) is 1.06. The predicted molar refractivity (Wildman–Crippen MR) is 37.8 cm³/mol. The third kappa shape index (κ3) is 0.692. The van der Waals surface area contributed by atoms with Gasteiger partial charge in [-0.3, -0.25) is 10.1 Å². The van der Waals surface area contributed by atoms with E-state index >= 15 is 0 Å². The van der Waals surface area contributed by atoms with Gasteiger partial charge in [0.1, 0.15) is 0 Å². The molecule has 0 spiro atoms. The van der Waals surface area contributed by atoms with Gasteiger partial charge < -0.3 is 5.32 Å². The number of imide groups is 1. The SMILES string of the molecule is CC12CCC1NC(=O)NC2=O. The normalized spacial score (nSPS) is 41.7. The number of hydrogen-bond acceptors (Lipinski definition) is 2. The molecule has 1 saturated heterocycles. The highest BCUT2D eigenvalue weighted by Gasteiger charge is 2.52. The zero-order valence-electron chi connectivity index (χ0n) is 6.31. The maximum Gasteiger partial charge on any atom is 0.321 e. The number of nitrogens with one attached hydrogen (secondary N) is 2.